The van der Waals surface area contributed by atoms with Crippen LogP contribution in [0.3, 0.4) is 0 Å². The third-order valence-electron chi connectivity index (χ3n) is 11.4. The zero-order valence-corrected chi connectivity index (χ0v) is 30.4. The third kappa shape index (κ3) is 5.01. The van der Waals surface area contributed by atoms with Crippen molar-refractivity contribution in [1.29, 1.82) is 0 Å². The van der Waals surface area contributed by atoms with Gasteiger partial charge < -0.3 is 4.90 Å². The van der Waals surface area contributed by atoms with Gasteiger partial charge >= 0.3 is 0 Å². The lowest BCUT2D eigenvalue weighted by Gasteiger charge is -2.45. The molecule has 3 heteroatoms. The summed E-state index contributed by atoms with van der Waals surface area (Å²) in [6.45, 7) is 13.8. The maximum atomic E-state index is 2.60. The first-order valence-corrected chi connectivity index (χ1v) is 18.3. The molecule has 2 aliphatic rings. The fourth-order valence-corrected chi connectivity index (χ4v) is 9.16. The van der Waals surface area contributed by atoms with E-state index in [1.165, 1.54) is 105 Å². The Bertz CT molecular complexity index is 2340. The molecular formula is C48H41B2N. The van der Waals surface area contributed by atoms with Crippen molar-refractivity contribution in [2.45, 2.75) is 41.5 Å². The van der Waals surface area contributed by atoms with Crippen LogP contribution in [0.2, 0.25) is 0 Å². The largest absolute Gasteiger partial charge is 0.313 e. The van der Waals surface area contributed by atoms with Gasteiger partial charge in [0.1, 0.15) is 0 Å². The summed E-state index contributed by atoms with van der Waals surface area (Å²) in [6.07, 6.45) is 0. The predicted molar refractivity (Wildman–Crippen MR) is 223 cm³/mol. The number of rotatable bonds is 4. The SMILES string of the molecule is Cc1ccc2c(c1)B(c1c(C)cccc1C)c1cc(-c3cccc(-c4ccccc4)c3)cc3c1N2c1ccc(C)cc1B3c1c(C)cccc1C. The van der Waals surface area contributed by atoms with E-state index in [4.69, 9.17) is 0 Å². The van der Waals surface area contributed by atoms with Crippen LogP contribution in [-0.4, -0.2) is 13.4 Å². The van der Waals surface area contributed by atoms with Crippen molar-refractivity contribution >= 4 is 63.3 Å². The Morgan fingerprint density at radius 3 is 1.27 bits per heavy atom. The van der Waals surface area contributed by atoms with E-state index < -0.39 is 0 Å². The molecule has 2 aliphatic heterocycles. The van der Waals surface area contributed by atoms with Gasteiger partial charge in [-0.3, -0.25) is 0 Å². The number of hydrogen-bond acceptors (Lipinski definition) is 1. The van der Waals surface area contributed by atoms with Crippen molar-refractivity contribution in [2.24, 2.45) is 0 Å². The average molecular weight is 653 g/mol. The molecule has 1 nitrogen and oxygen atoms in total. The minimum absolute atomic E-state index is 0.0916. The standard InChI is InChI=1S/C48H41B2N/c1-30-21-23-44-40(25-30)49(46-32(3)13-10-14-33(46)4)42-28-39(38-20-12-19-37(27-38)36-17-8-7-9-18-36)29-43-48(42)51(44)45-24-22-31(2)26-41(45)50(43)47-34(5)15-11-16-35(47)6/h7-29H,1-6H3. The molecule has 0 bridgehead atoms. The molecule has 0 saturated heterocycles. The smallest absolute Gasteiger partial charge is 0.247 e. The van der Waals surface area contributed by atoms with Crippen molar-refractivity contribution < 1.29 is 0 Å². The van der Waals surface area contributed by atoms with Crippen LogP contribution in [0.25, 0.3) is 22.3 Å². The van der Waals surface area contributed by atoms with Gasteiger partial charge in [-0.15, -0.1) is 0 Å². The maximum absolute atomic E-state index is 2.60. The molecule has 244 valence electrons. The summed E-state index contributed by atoms with van der Waals surface area (Å²) >= 11 is 0. The first-order chi connectivity index (χ1) is 24.8. The quantitative estimate of drug-likeness (QED) is 0.174. The molecule has 0 aromatic heterocycles. The molecule has 7 aromatic carbocycles. The van der Waals surface area contributed by atoms with Gasteiger partial charge in [-0.2, -0.15) is 0 Å². The molecule has 0 unspecified atom stereocenters. The van der Waals surface area contributed by atoms with E-state index in [-0.39, 0.29) is 13.4 Å². The highest BCUT2D eigenvalue weighted by Crippen LogP contribution is 2.39. The lowest BCUT2D eigenvalue weighted by atomic mass is 9.29. The maximum Gasteiger partial charge on any atom is 0.247 e. The molecule has 0 amide bonds. The average Bonchev–Trinajstić information content (AvgIpc) is 3.13. The molecule has 0 radical (unpaired) electrons. The van der Waals surface area contributed by atoms with Gasteiger partial charge in [-0.05, 0) is 104 Å². The fourth-order valence-electron chi connectivity index (χ4n) is 9.16. The summed E-state index contributed by atoms with van der Waals surface area (Å²) < 4.78 is 0. The predicted octanol–water partition coefficient (Wildman–Crippen LogP) is 8.00. The van der Waals surface area contributed by atoms with Crippen LogP contribution in [-0.2, 0) is 0 Å². The van der Waals surface area contributed by atoms with Gasteiger partial charge in [0.2, 0.25) is 13.4 Å². The number of benzene rings is 7. The van der Waals surface area contributed by atoms with E-state index in [9.17, 15) is 0 Å². The van der Waals surface area contributed by atoms with Crippen LogP contribution < -0.4 is 37.7 Å². The van der Waals surface area contributed by atoms with Gasteiger partial charge in [0, 0.05) is 17.1 Å². The summed E-state index contributed by atoms with van der Waals surface area (Å²) in [5.41, 5.74) is 25.1. The Morgan fingerprint density at radius 1 is 0.353 bits per heavy atom. The van der Waals surface area contributed by atoms with Gasteiger partial charge in [0.05, 0.1) is 0 Å². The van der Waals surface area contributed by atoms with Crippen molar-refractivity contribution in [2.75, 3.05) is 4.90 Å². The van der Waals surface area contributed by atoms with E-state index in [1.807, 2.05) is 0 Å². The third-order valence-corrected chi connectivity index (χ3v) is 11.4. The fraction of sp³-hybridized carbons (Fsp3) is 0.125. The number of fused-ring (bicyclic) bond motifs is 4. The Balaban J connectivity index is 1.43. The van der Waals surface area contributed by atoms with E-state index in [0.717, 1.165) is 0 Å². The zero-order chi connectivity index (χ0) is 35.0. The summed E-state index contributed by atoms with van der Waals surface area (Å²) in [5, 5.41) is 0. The number of aryl methyl sites for hydroxylation is 6. The van der Waals surface area contributed by atoms with Crippen LogP contribution in [0.15, 0.2) is 140 Å². The lowest BCUT2D eigenvalue weighted by molar-refractivity contribution is 1.28. The molecule has 0 saturated carbocycles. The van der Waals surface area contributed by atoms with Gasteiger partial charge in [-0.25, -0.2) is 0 Å². The monoisotopic (exact) mass is 653 g/mol. The second kappa shape index (κ2) is 12.1. The van der Waals surface area contributed by atoms with Crippen molar-refractivity contribution in [3.8, 4) is 22.3 Å². The Morgan fingerprint density at radius 2 is 0.784 bits per heavy atom. The zero-order valence-electron chi connectivity index (χ0n) is 30.4. The van der Waals surface area contributed by atoms with Crippen LogP contribution in [0.4, 0.5) is 17.1 Å². The van der Waals surface area contributed by atoms with E-state index in [2.05, 4.69) is 186 Å². The summed E-state index contributed by atoms with van der Waals surface area (Å²) in [5.74, 6) is 0. The van der Waals surface area contributed by atoms with E-state index in [1.54, 1.807) is 0 Å². The first kappa shape index (κ1) is 31.5. The molecule has 0 N–H and O–H groups in total. The summed E-state index contributed by atoms with van der Waals surface area (Å²) in [4.78, 5) is 2.60. The summed E-state index contributed by atoms with van der Waals surface area (Å²) in [6, 6.07) is 52.8. The Labute approximate surface area is 303 Å². The number of hydrogen-bond donors (Lipinski definition) is 0. The van der Waals surface area contributed by atoms with Gasteiger partial charge in [0.25, 0.3) is 0 Å². The summed E-state index contributed by atoms with van der Waals surface area (Å²) in [7, 11) is 0. The van der Waals surface area contributed by atoms with Gasteiger partial charge in [-0.1, -0.05) is 166 Å². The number of anilines is 3. The molecule has 0 atom stereocenters. The van der Waals surface area contributed by atoms with Crippen LogP contribution >= 0.6 is 0 Å². The molecular weight excluding hydrogens is 612 g/mol. The Kier molecular flexibility index (Phi) is 7.44. The second-order valence-electron chi connectivity index (χ2n) is 14.9. The van der Waals surface area contributed by atoms with E-state index in [0.29, 0.717) is 0 Å². The van der Waals surface area contributed by atoms with Gasteiger partial charge in [0.15, 0.2) is 0 Å². The molecule has 0 fully saturated rings. The lowest BCUT2D eigenvalue weighted by Crippen LogP contribution is -2.66. The molecule has 2 heterocycles. The second-order valence-corrected chi connectivity index (χ2v) is 14.9. The number of nitrogens with zero attached hydrogens (tertiary/aromatic N) is 1. The van der Waals surface area contributed by atoms with Crippen LogP contribution in [0.5, 0.6) is 0 Å². The minimum Gasteiger partial charge on any atom is -0.313 e. The van der Waals surface area contributed by atoms with Crippen molar-refractivity contribution in [3.63, 3.8) is 0 Å². The molecule has 7 aromatic rings. The van der Waals surface area contributed by atoms with Crippen LogP contribution in [0.1, 0.15) is 33.4 Å². The van der Waals surface area contributed by atoms with Crippen LogP contribution in [0, 0.1) is 41.5 Å². The first-order valence-electron chi connectivity index (χ1n) is 18.3. The molecule has 0 spiro atoms. The highest BCUT2D eigenvalue weighted by Gasteiger charge is 2.45. The Hall–Kier alpha value is -5.53. The highest BCUT2D eigenvalue weighted by atomic mass is 15.2. The minimum atomic E-state index is 0.0916. The van der Waals surface area contributed by atoms with E-state index >= 15 is 0 Å². The van der Waals surface area contributed by atoms with Crippen molar-refractivity contribution in [1.82, 2.24) is 0 Å². The molecule has 9 rings (SSSR count). The van der Waals surface area contributed by atoms with Crippen molar-refractivity contribution in [3.05, 3.63) is 173 Å². The highest BCUT2D eigenvalue weighted by molar-refractivity contribution is 7.02. The molecule has 0 aliphatic carbocycles. The molecule has 51 heavy (non-hydrogen) atoms. The topological polar surface area (TPSA) is 3.24 Å². The normalized spacial score (nSPS) is 12.8.